The van der Waals surface area contributed by atoms with Gasteiger partial charge < -0.3 is 14.6 Å². The molecule has 166 valence electrons. The molecule has 3 aromatic rings. The Kier molecular flexibility index (Phi) is 6.76. The van der Waals surface area contributed by atoms with Gasteiger partial charge in [-0.15, -0.1) is 0 Å². The number of benzene rings is 3. The quantitative estimate of drug-likeness (QED) is 0.543. The highest BCUT2D eigenvalue weighted by Crippen LogP contribution is 2.43. The molecule has 0 radical (unpaired) electrons. The number of rotatable bonds is 7. The summed E-state index contributed by atoms with van der Waals surface area (Å²) in [6.45, 7) is 0.698. The van der Waals surface area contributed by atoms with E-state index in [1.807, 2.05) is 36.4 Å². The van der Waals surface area contributed by atoms with Gasteiger partial charge in [0.25, 0.3) is 0 Å². The third kappa shape index (κ3) is 4.34. The molecule has 1 fully saturated rings. The second-order valence-electron chi connectivity index (χ2n) is 8.05. The fourth-order valence-corrected chi connectivity index (χ4v) is 4.69. The molecule has 1 aliphatic rings. The van der Waals surface area contributed by atoms with Crippen molar-refractivity contribution in [2.45, 2.75) is 31.3 Å². The Morgan fingerprint density at radius 1 is 0.875 bits per heavy atom. The summed E-state index contributed by atoms with van der Waals surface area (Å²) < 4.78 is 11.4. The van der Waals surface area contributed by atoms with Gasteiger partial charge in [-0.1, -0.05) is 67.1 Å². The van der Waals surface area contributed by atoms with Crippen molar-refractivity contribution < 1.29 is 19.4 Å². The zero-order chi connectivity index (χ0) is 22.5. The summed E-state index contributed by atoms with van der Waals surface area (Å²) in [6.07, 6.45) is 2.50. The Morgan fingerprint density at radius 2 is 1.50 bits per heavy atom. The monoisotopic (exact) mass is 431 g/mol. The Morgan fingerprint density at radius 3 is 2.09 bits per heavy atom. The van der Waals surface area contributed by atoms with Crippen LogP contribution in [-0.4, -0.2) is 42.8 Å². The van der Waals surface area contributed by atoms with Crippen molar-refractivity contribution in [3.05, 3.63) is 83.9 Å². The Bertz CT molecular complexity index is 1030. The van der Waals surface area contributed by atoms with Crippen molar-refractivity contribution in [2.24, 2.45) is 0 Å². The van der Waals surface area contributed by atoms with E-state index in [1.165, 1.54) is 0 Å². The number of carbonyl (C=O) groups is 1. The number of ether oxygens (including phenoxy) is 2. The first-order chi connectivity index (χ1) is 15.6. The molecule has 1 saturated heterocycles. The standard InChI is InChI=1S/C27H29NO4/c1-31-23-12-8-13-24(32-2)25(23)26(28-18-7-6-11-22(28)27(29)30)21-16-14-20(15-17-21)19-9-4-3-5-10-19/h3-5,8-10,12-17,22,26H,6-7,11,18H2,1-2H3,(H,29,30). The minimum atomic E-state index is -0.788. The van der Waals surface area contributed by atoms with Crippen molar-refractivity contribution in [1.29, 1.82) is 0 Å². The van der Waals surface area contributed by atoms with Crippen molar-refractivity contribution >= 4 is 5.97 Å². The number of carboxylic acid groups (broad SMARTS) is 1. The van der Waals surface area contributed by atoms with Crippen LogP contribution < -0.4 is 9.47 Å². The molecule has 2 atom stereocenters. The van der Waals surface area contributed by atoms with Crippen molar-refractivity contribution in [1.82, 2.24) is 4.90 Å². The van der Waals surface area contributed by atoms with E-state index in [-0.39, 0.29) is 6.04 Å². The lowest BCUT2D eigenvalue weighted by atomic mass is 9.89. The minimum Gasteiger partial charge on any atom is -0.496 e. The highest BCUT2D eigenvalue weighted by atomic mass is 16.5. The van der Waals surface area contributed by atoms with Gasteiger partial charge in [-0.25, -0.2) is 0 Å². The topological polar surface area (TPSA) is 59.0 Å². The second-order valence-corrected chi connectivity index (χ2v) is 8.05. The summed E-state index contributed by atoms with van der Waals surface area (Å²) in [5.41, 5.74) is 4.14. The van der Waals surface area contributed by atoms with E-state index in [0.29, 0.717) is 24.5 Å². The highest BCUT2D eigenvalue weighted by molar-refractivity contribution is 5.74. The lowest BCUT2D eigenvalue weighted by Crippen LogP contribution is -2.47. The number of hydrogen-bond donors (Lipinski definition) is 1. The van der Waals surface area contributed by atoms with Gasteiger partial charge >= 0.3 is 5.97 Å². The zero-order valence-corrected chi connectivity index (χ0v) is 18.5. The van der Waals surface area contributed by atoms with Crippen molar-refractivity contribution in [3.63, 3.8) is 0 Å². The van der Waals surface area contributed by atoms with E-state index in [4.69, 9.17) is 9.47 Å². The number of piperidine rings is 1. The van der Waals surface area contributed by atoms with Crippen LogP contribution in [0.2, 0.25) is 0 Å². The van der Waals surface area contributed by atoms with Crippen LogP contribution in [0.15, 0.2) is 72.8 Å². The molecule has 0 spiro atoms. The number of likely N-dealkylation sites (tertiary alicyclic amines) is 1. The van der Waals surface area contributed by atoms with Crippen LogP contribution in [0.1, 0.15) is 36.4 Å². The predicted octanol–water partition coefficient (Wildman–Crippen LogP) is 5.40. The van der Waals surface area contributed by atoms with E-state index in [2.05, 4.69) is 41.3 Å². The molecule has 5 nitrogen and oxygen atoms in total. The number of methoxy groups -OCH3 is 2. The van der Waals surface area contributed by atoms with Gasteiger partial charge in [0.05, 0.1) is 25.8 Å². The first-order valence-corrected chi connectivity index (χ1v) is 11.0. The van der Waals surface area contributed by atoms with Crippen LogP contribution in [0.5, 0.6) is 11.5 Å². The maximum Gasteiger partial charge on any atom is 0.320 e. The van der Waals surface area contributed by atoms with Crippen LogP contribution in [0, 0.1) is 0 Å². The molecule has 0 amide bonds. The van der Waals surface area contributed by atoms with Crippen molar-refractivity contribution in [3.8, 4) is 22.6 Å². The normalized spacial score (nSPS) is 17.5. The predicted molar refractivity (Wildman–Crippen MR) is 125 cm³/mol. The Balaban J connectivity index is 1.84. The smallest absolute Gasteiger partial charge is 0.320 e. The lowest BCUT2D eigenvalue weighted by molar-refractivity contribution is -0.145. The molecule has 0 aromatic heterocycles. The maximum atomic E-state index is 12.2. The molecular formula is C27H29NO4. The van der Waals surface area contributed by atoms with E-state index in [0.717, 1.165) is 35.1 Å². The fraction of sp³-hybridized carbons (Fsp3) is 0.296. The molecule has 0 aliphatic carbocycles. The molecule has 2 unspecified atom stereocenters. The van der Waals surface area contributed by atoms with Gasteiger partial charge in [-0.05, 0) is 48.2 Å². The number of aliphatic carboxylic acids is 1. The van der Waals surface area contributed by atoms with Crippen LogP contribution in [-0.2, 0) is 4.79 Å². The van der Waals surface area contributed by atoms with Gasteiger partial charge in [-0.2, -0.15) is 0 Å². The third-order valence-electron chi connectivity index (χ3n) is 6.23. The third-order valence-corrected chi connectivity index (χ3v) is 6.23. The Labute approximate surface area is 189 Å². The number of nitrogens with zero attached hydrogens (tertiary/aromatic N) is 1. The van der Waals surface area contributed by atoms with Gasteiger partial charge in [0.1, 0.15) is 17.5 Å². The highest BCUT2D eigenvalue weighted by Gasteiger charge is 2.37. The van der Waals surface area contributed by atoms with Gasteiger partial charge in [0, 0.05) is 0 Å². The summed E-state index contributed by atoms with van der Waals surface area (Å²) >= 11 is 0. The van der Waals surface area contributed by atoms with E-state index >= 15 is 0 Å². The van der Waals surface area contributed by atoms with Crippen LogP contribution in [0.4, 0.5) is 0 Å². The molecular weight excluding hydrogens is 402 g/mol. The summed E-state index contributed by atoms with van der Waals surface area (Å²) in [7, 11) is 3.28. The molecule has 0 saturated carbocycles. The summed E-state index contributed by atoms with van der Waals surface area (Å²) in [4.78, 5) is 14.3. The average Bonchev–Trinajstić information content (AvgIpc) is 2.85. The number of carboxylic acids is 1. The SMILES string of the molecule is COc1cccc(OC)c1C(c1ccc(-c2ccccc2)cc1)N1CCCCC1C(=O)O. The zero-order valence-electron chi connectivity index (χ0n) is 18.5. The molecule has 0 bridgehead atoms. The van der Waals surface area contributed by atoms with Crippen LogP contribution in [0.3, 0.4) is 0 Å². The summed E-state index contributed by atoms with van der Waals surface area (Å²) in [5, 5.41) is 9.99. The molecule has 5 heteroatoms. The van der Waals surface area contributed by atoms with Crippen molar-refractivity contribution in [2.75, 3.05) is 20.8 Å². The van der Waals surface area contributed by atoms with Gasteiger partial charge in [0.15, 0.2) is 0 Å². The Hall–Kier alpha value is -3.31. The second kappa shape index (κ2) is 9.88. The van der Waals surface area contributed by atoms with Gasteiger partial charge in [0.2, 0.25) is 0 Å². The molecule has 1 aliphatic heterocycles. The largest absolute Gasteiger partial charge is 0.496 e. The lowest BCUT2D eigenvalue weighted by Gasteiger charge is -2.40. The number of hydrogen-bond acceptors (Lipinski definition) is 4. The van der Waals surface area contributed by atoms with Crippen LogP contribution >= 0.6 is 0 Å². The first-order valence-electron chi connectivity index (χ1n) is 11.0. The summed E-state index contributed by atoms with van der Waals surface area (Å²) in [6, 6.07) is 23.4. The molecule has 32 heavy (non-hydrogen) atoms. The van der Waals surface area contributed by atoms with Gasteiger partial charge in [-0.3, -0.25) is 9.69 Å². The van der Waals surface area contributed by atoms with E-state index < -0.39 is 12.0 Å². The fourth-order valence-electron chi connectivity index (χ4n) is 4.69. The van der Waals surface area contributed by atoms with Crippen LogP contribution in [0.25, 0.3) is 11.1 Å². The molecule has 1 heterocycles. The van der Waals surface area contributed by atoms with E-state index in [9.17, 15) is 9.90 Å². The van der Waals surface area contributed by atoms with E-state index in [1.54, 1.807) is 14.2 Å². The first kappa shape index (κ1) is 21.9. The summed E-state index contributed by atoms with van der Waals surface area (Å²) in [5.74, 6) is 0.594. The maximum absolute atomic E-state index is 12.2. The average molecular weight is 432 g/mol. The molecule has 4 rings (SSSR count). The molecule has 3 aromatic carbocycles. The minimum absolute atomic E-state index is 0.299. The molecule has 1 N–H and O–H groups in total.